The van der Waals surface area contributed by atoms with Gasteiger partial charge in [-0.05, 0) is 12.1 Å². The van der Waals surface area contributed by atoms with Crippen molar-refractivity contribution >= 4 is 11.8 Å². The highest BCUT2D eigenvalue weighted by atomic mass is 16.7. The Morgan fingerprint density at radius 1 is 1.42 bits per heavy atom. The Balaban J connectivity index is 1.85. The molecule has 8 nitrogen and oxygen atoms in total. The summed E-state index contributed by atoms with van der Waals surface area (Å²) in [6, 6.07) is 5.17. The molecule has 0 bridgehead atoms. The van der Waals surface area contributed by atoms with Gasteiger partial charge in [-0.2, -0.15) is 5.48 Å². The zero-order valence-electron chi connectivity index (χ0n) is 9.90. The number of nitrogens with one attached hydrogen (secondary N) is 1. The summed E-state index contributed by atoms with van der Waals surface area (Å²) in [4.78, 5) is 26.3. The van der Waals surface area contributed by atoms with Crippen molar-refractivity contribution in [3.8, 4) is 5.75 Å². The number of ether oxygens (including phenoxy) is 2. The summed E-state index contributed by atoms with van der Waals surface area (Å²) in [5, 5.41) is 10.5. The Morgan fingerprint density at radius 3 is 2.74 bits per heavy atom. The van der Waals surface area contributed by atoms with Crippen LogP contribution in [0.3, 0.4) is 0 Å². The van der Waals surface area contributed by atoms with Crippen molar-refractivity contribution in [2.24, 2.45) is 0 Å². The number of nitrogens with zero attached hydrogens (tertiary/aromatic N) is 1. The Labute approximate surface area is 108 Å². The fraction of sp³-hybridized carbons (Fsp3) is 0.364. The highest BCUT2D eigenvalue weighted by Crippen LogP contribution is 2.18. The minimum Gasteiger partial charge on any atom is -0.429 e. The van der Waals surface area contributed by atoms with Gasteiger partial charge in [0.25, 0.3) is 5.69 Å². The number of hydrogen-bond acceptors (Lipinski definition) is 7. The molecule has 0 radical (unpaired) electrons. The lowest BCUT2D eigenvalue weighted by Gasteiger charge is -2.22. The van der Waals surface area contributed by atoms with E-state index in [1.807, 2.05) is 0 Å². The van der Waals surface area contributed by atoms with Gasteiger partial charge in [-0.1, -0.05) is 0 Å². The molecule has 1 aliphatic heterocycles. The van der Waals surface area contributed by atoms with Crippen molar-refractivity contribution < 1.29 is 24.0 Å². The lowest BCUT2D eigenvalue weighted by Crippen LogP contribution is -2.38. The molecular weight excluding hydrogens is 256 g/mol. The molecule has 1 saturated heterocycles. The van der Waals surface area contributed by atoms with Crippen LogP contribution >= 0.6 is 0 Å². The van der Waals surface area contributed by atoms with Gasteiger partial charge in [-0.25, -0.2) is 4.79 Å². The van der Waals surface area contributed by atoms with Crippen molar-refractivity contribution in [3.05, 3.63) is 34.4 Å². The number of benzene rings is 1. The molecule has 1 aromatic carbocycles. The van der Waals surface area contributed by atoms with E-state index in [0.717, 1.165) is 0 Å². The van der Waals surface area contributed by atoms with Crippen LogP contribution in [0.5, 0.6) is 5.75 Å². The molecule has 1 fully saturated rings. The van der Waals surface area contributed by atoms with Crippen LogP contribution in [0.1, 0.15) is 6.42 Å². The highest BCUT2D eigenvalue weighted by molar-refractivity contribution is 5.64. The van der Waals surface area contributed by atoms with E-state index in [0.29, 0.717) is 19.6 Å². The number of rotatable bonds is 3. The normalized spacial score (nSPS) is 18.6. The molecule has 0 saturated carbocycles. The van der Waals surface area contributed by atoms with Gasteiger partial charge in [0, 0.05) is 18.6 Å². The molecule has 0 spiro atoms. The molecule has 19 heavy (non-hydrogen) atoms. The van der Waals surface area contributed by atoms with Crippen LogP contribution in [-0.2, 0) is 9.57 Å². The third-order valence-corrected chi connectivity index (χ3v) is 2.47. The van der Waals surface area contributed by atoms with Crippen molar-refractivity contribution in [2.75, 3.05) is 13.2 Å². The van der Waals surface area contributed by atoms with Gasteiger partial charge < -0.3 is 14.3 Å². The van der Waals surface area contributed by atoms with Crippen LogP contribution in [0.25, 0.3) is 0 Å². The zero-order chi connectivity index (χ0) is 13.7. The van der Waals surface area contributed by atoms with Crippen molar-refractivity contribution in [1.82, 2.24) is 5.48 Å². The topological polar surface area (TPSA) is 99.9 Å². The predicted octanol–water partition coefficient (Wildman–Crippen LogP) is 1.40. The number of non-ortho nitro benzene ring substituents is 1. The lowest BCUT2D eigenvalue weighted by atomic mass is 10.2. The molecule has 0 aromatic heterocycles. The summed E-state index contributed by atoms with van der Waals surface area (Å²) in [7, 11) is 0. The van der Waals surface area contributed by atoms with Crippen LogP contribution in [0.2, 0.25) is 0 Å². The fourth-order valence-corrected chi connectivity index (χ4v) is 1.51. The second-order valence-corrected chi connectivity index (χ2v) is 3.83. The fourth-order valence-electron chi connectivity index (χ4n) is 1.51. The van der Waals surface area contributed by atoms with Gasteiger partial charge in [0.05, 0.1) is 18.1 Å². The molecule has 1 aliphatic rings. The van der Waals surface area contributed by atoms with Crippen LogP contribution in [-0.4, -0.2) is 30.3 Å². The van der Waals surface area contributed by atoms with E-state index in [2.05, 4.69) is 5.48 Å². The quantitative estimate of drug-likeness (QED) is 0.382. The van der Waals surface area contributed by atoms with E-state index in [1.54, 1.807) is 0 Å². The van der Waals surface area contributed by atoms with E-state index in [9.17, 15) is 14.9 Å². The van der Waals surface area contributed by atoms with Crippen LogP contribution < -0.4 is 10.2 Å². The third-order valence-electron chi connectivity index (χ3n) is 2.47. The minimum absolute atomic E-state index is 0.0747. The number of nitro benzene ring substituents is 1. The standard InChI is InChI=1S/C11H12N2O6/c14-11(19-10-5-6-17-12-7-10)18-9-3-1-8(2-4-9)13(15)16/h1-4,10,12H,5-7H2. The summed E-state index contributed by atoms with van der Waals surface area (Å²) in [6.07, 6.45) is -0.565. The first kappa shape index (κ1) is 13.2. The summed E-state index contributed by atoms with van der Waals surface area (Å²) < 4.78 is 9.93. The number of hydrogen-bond donors (Lipinski definition) is 1. The maximum absolute atomic E-state index is 11.5. The Hall–Kier alpha value is -2.19. The summed E-state index contributed by atoms with van der Waals surface area (Å²) in [6.45, 7) is 0.852. The molecule has 8 heteroatoms. The van der Waals surface area contributed by atoms with Crippen LogP contribution in [0.15, 0.2) is 24.3 Å². The lowest BCUT2D eigenvalue weighted by molar-refractivity contribution is -0.384. The largest absolute Gasteiger partial charge is 0.514 e. The molecule has 1 aromatic rings. The van der Waals surface area contributed by atoms with Gasteiger partial charge in [0.2, 0.25) is 0 Å². The zero-order valence-corrected chi connectivity index (χ0v) is 9.90. The third kappa shape index (κ3) is 3.90. The highest BCUT2D eigenvalue weighted by Gasteiger charge is 2.19. The Morgan fingerprint density at radius 2 is 2.16 bits per heavy atom. The van der Waals surface area contributed by atoms with Crippen LogP contribution in [0.4, 0.5) is 10.5 Å². The van der Waals surface area contributed by atoms with Gasteiger partial charge >= 0.3 is 6.16 Å². The molecular formula is C11H12N2O6. The average Bonchev–Trinajstić information content (AvgIpc) is 2.40. The number of nitro groups is 1. The van der Waals surface area contributed by atoms with Gasteiger partial charge in [0.15, 0.2) is 0 Å². The van der Waals surface area contributed by atoms with Gasteiger partial charge in [-0.3, -0.25) is 10.1 Å². The molecule has 1 heterocycles. The van der Waals surface area contributed by atoms with Crippen molar-refractivity contribution in [1.29, 1.82) is 0 Å². The van der Waals surface area contributed by atoms with E-state index in [4.69, 9.17) is 14.3 Å². The molecule has 1 N–H and O–H groups in total. The first-order valence-corrected chi connectivity index (χ1v) is 5.63. The van der Waals surface area contributed by atoms with Gasteiger partial charge in [0.1, 0.15) is 11.9 Å². The average molecular weight is 268 g/mol. The van der Waals surface area contributed by atoms with E-state index < -0.39 is 11.1 Å². The predicted molar refractivity (Wildman–Crippen MR) is 62.6 cm³/mol. The molecule has 2 rings (SSSR count). The van der Waals surface area contributed by atoms with Crippen LogP contribution in [0, 0.1) is 10.1 Å². The molecule has 0 amide bonds. The maximum Gasteiger partial charge on any atom is 0.514 e. The summed E-state index contributed by atoms with van der Waals surface area (Å²) >= 11 is 0. The second kappa shape index (κ2) is 6.12. The second-order valence-electron chi connectivity index (χ2n) is 3.83. The number of carbonyl (C=O) groups excluding carboxylic acids is 1. The van der Waals surface area contributed by atoms with E-state index >= 15 is 0 Å². The van der Waals surface area contributed by atoms with E-state index in [1.165, 1.54) is 24.3 Å². The SMILES string of the molecule is O=C(Oc1ccc([N+](=O)[O-])cc1)OC1CCONC1. The number of hydroxylamine groups is 1. The Bertz CT molecular complexity index is 455. The Kier molecular flexibility index (Phi) is 4.26. The first-order chi connectivity index (χ1) is 9.15. The van der Waals surface area contributed by atoms with Gasteiger partial charge in [-0.15, -0.1) is 0 Å². The van der Waals surface area contributed by atoms with Crippen molar-refractivity contribution in [3.63, 3.8) is 0 Å². The van der Waals surface area contributed by atoms with E-state index in [-0.39, 0.29) is 17.5 Å². The van der Waals surface area contributed by atoms with Crippen molar-refractivity contribution in [2.45, 2.75) is 12.5 Å². The molecule has 1 atom stereocenters. The smallest absolute Gasteiger partial charge is 0.429 e. The minimum atomic E-state index is -0.845. The first-order valence-electron chi connectivity index (χ1n) is 5.63. The molecule has 102 valence electrons. The monoisotopic (exact) mass is 268 g/mol. The molecule has 1 unspecified atom stereocenters. The molecule has 0 aliphatic carbocycles. The number of carbonyl (C=O) groups is 1. The maximum atomic E-state index is 11.5. The summed E-state index contributed by atoms with van der Waals surface area (Å²) in [5.41, 5.74) is 2.54. The summed E-state index contributed by atoms with van der Waals surface area (Å²) in [5.74, 6) is 0.190.